The molecule has 0 aliphatic heterocycles. The van der Waals surface area contributed by atoms with E-state index in [4.69, 9.17) is 4.74 Å². The van der Waals surface area contributed by atoms with Crippen LogP contribution in [0.5, 0.6) is 5.75 Å². The van der Waals surface area contributed by atoms with E-state index in [0.717, 1.165) is 17.0 Å². The first kappa shape index (κ1) is 11.0. The average molecular weight is 226 g/mol. The molecule has 0 aliphatic carbocycles. The molecule has 17 heavy (non-hydrogen) atoms. The Morgan fingerprint density at radius 1 is 1.29 bits per heavy atom. The molecule has 0 saturated heterocycles. The summed E-state index contributed by atoms with van der Waals surface area (Å²) in [6, 6.07) is 11.1. The first-order valence-electron chi connectivity index (χ1n) is 5.02. The Labute approximate surface area is 98.6 Å². The lowest BCUT2D eigenvalue weighted by molar-refractivity contribution is 0.415. The highest BCUT2D eigenvalue weighted by Gasteiger charge is 2.00. The molecule has 0 aliphatic rings. The van der Waals surface area contributed by atoms with Crippen molar-refractivity contribution in [3.8, 4) is 17.0 Å². The molecular formula is C13H10N2O2. The Morgan fingerprint density at radius 3 is 2.82 bits per heavy atom. The Kier molecular flexibility index (Phi) is 3.28. The van der Waals surface area contributed by atoms with Crippen LogP contribution in [-0.4, -0.2) is 18.2 Å². The highest BCUT2D eigenvalue weighted by Crippen LogP contribution is 2.23. The SMILES string of the molecule is COc1cccc(-c2ccc(N=C=O)cn2)c1. The van der Waals surface area contributed by atoms with Crippen LogP contribution in [0.4, 0.5) is 5.69 Å². The van der Waals surface area contributed by atoms with Crippen LogP contribution in [0, 0.1) is 0 Å². The number of rotatable bonds is 3. The molecule has 0 radical (unpaired) electrons. The molecule has 4 heteroatoms. The van der Waals surface area contributed by atoms with Crippen molar-refractivity contribution in [1.82, 2.24) is 4.98 Å². The van der Waals surface area contributed by atoms with E-state index in [-0.39, 0.29) is 0 Å². The maximum Gasteiger partial charge on any atom is 0.240 e. The maximum absolute atomic E-state index is 10.1. The number of aromatic nitrogens is 1. The molecule has 0 unspecified atom stereocenters. The molecule has 0 fully saturated rings. The quantitative estimate of drug-likeness (QED) is 0.597. The zero-order chi connectivity index (χ0) is 12.1. The van der Waals surface area contributed by atoms with Crippen molar-refractivity contribution in [3.05, 3.63) is 42.6 Å². The van der Waals surface area contributed by atoms with Crippen molar-refractivity contribution in [1.29, 1.82) is 0 Å². The highest BCUT2D eigenvalue weighted by molar-refractivity contribution is 5.62. The van der Waals surface area contributed by atoms with Gasteiger partial charge in [-0.25, -0.2) is 4.79 Å². The lowest BCUT2D eigenvalue weighted by atomic mass is 10.1. The topological polar surface area (TPSA) is 51.5 Å². The van der Waals surface area contributed by atoms with Crippen molar-refractivity contribution < 1.29 is 9.53 Å². The van der Waals surface area contributed by atoms with Crippen molar-refractivity contribution in [2.45, 2.75) is 0 Å². The fourth-order valence-corrected chi connectivity index (χ4v) is 1.46. The van der Waals surface area contributed by atoms with Gasteiger partial charge in [0, 0.05) is 5.56 Å². The molecule has 2 rings (SSSR count). The number of hydrogen-bond acceptors (Lipinski definition) is 4. The molecule has 0 bridgehead atoms. The lowest BCUT2D eigenvalue weighted by Crippen LogP contribution is -1.85. The number of benzene rings is 1. The summed E-state index contributed by atoms with van der Waals surface area (Å²) in [5.74, 6) is 0.777. The molecule has 0 saturated carbocycles. The number of hydrogen-bond donors (Lipinski definition) is 0. The number of pyridine rings is 1. The van der Waals surface area contributed by atoms with Crippen LogP contribution >= 0.6 is 0 Å². The van der Waals surface area contributed by atoms with Crippen LogP contribution in [0.1, 0.15) is 0 Å². The number of nitrogens with zero attached hydrogens (tertiary/aromatic N) is 2. The summed E-state index contributed by atoms with van der Waals surface area (Å²) in [5.41, 5.74) is 2.24. The van der Waals surface area contributed by atoms with E-state index in [0.29, 0.717) is 5.69 Å². The molecule has 4 nitrogen and oxygen atoms in total. The summed E-state index contributed by atoms with van der Waals surface area (Å²) in [6.45, 7) is 0. The van der Waals surface area contributed by atoms with Gasteiger partial charge < -0.3 is 4.74 Å². The maximum atomic E-state index is 10.1. The van der Waals surface area contributed by atoms with E-state index >= 15 is 0 Å². The largest absolute Gasteiger partial charge is 0.497 e. The van der Waals surface area contributed by atoms with Crippen molar-refractivity contribution >= 4 is 11.8 Å². The highest BCUT2D eigenvalue weighted by atomic mass is 16.5. The summed E-state index contributed by atoms with van der Waals surface area (Å²) >= 11 is 0. The molecule has 2 aromatic rings. The van der Waals surface area contributed by atoms with E-state index in [2.05, 4.69) is 9.98 Å². The minimum atomic E-state index is 0.492. The van der Waals surface area contributed by atoms with Crippen LogP contribution in [0.3, 0.4) is 0 Å². The Balaban J connectivity index is 2.35. The van der Waals surface area contributed by atoms with Gasteiger partial charge >= 0.3 is 0 Å². The molecule has 0 amide bonds. The summed E-state index contributed by atoms with van der Waals surface area (Å²) in [7, 11) is 1.62. The molecular weight excluding hydrogens is 216 g/mol. The van der Waals surface area contributed by atoms with Crippen LogP contribution in [0.2, 0.25) is 0 Å². The van der Waals surface area contributed by atoms with Crippen LogP contribution in [-0.2, 0) is 4.79 Å². The number of aliphatic imine (C=N–C) groups is 1. The van der Waals surface area contributed by atoms with Gasteiger partial charge in [-0.3, -0.25) is 4.98 Å². The number of carbonyl (C=O) groups excluding carboxylic acids is 1. The number of isocyanates is 1. The van der Waals surface area contributed by atoms with Gasteiger partial charge in [0.25, 0.3) is 0 Å². The monoisotopic (exact) mass is 226 g/mol. The van der Waals surface area contributed by atoms with Crippen LogP contribution in [0.15, 0.2) is 47.6 Å². The second-order valence-corrected chi connectivity index (χ2v) is 3.34. The standard InChI is InChI=1S/C13H10N2O2/c1-17-12-4-2-3-10(7-12)13-6-5-11(8-14-13)15-9-16/h2-8H,1H3. The van der Waals surface area contributed by atoms with Crippen LogP contribution in [0.25, 0.3) is 11.3 Å². The summed E-state index contributed by atoms with van der Waals surface area (Å²) < 4.78 is 5.14. The van der Waals surface area contributed by atoms with E-state index in [1.54, 1.807) is 19.2 Å². The zero-order valence-electron chi connectivity index (χ0n) is 9.25. The van der Waals surface area contributed by atoms with Gasteiger partial charge in [0.1, 0.15) is 5.75 Å². The minimum absolute atomic E-state index is 0.492. The van der Waals surface area contributed by atoms with Crippen molar-refractivity contribution in [3.63, 3.8) is 0 Å². The molecule has 84 valence electrons. The van der Waals surface area contributed by atoms with Crippen molar-refractivity contribution in [2.24, 2.45) is 4.99 Å². The lowest BCUT2D eigenvalue weighted by Gasteiger charge is -2.03. The Bertz CT molecular complexity index is 558. The van der Waals surface area contributed by atoms with Gasteiger partial charge in [-0.1, -0.05) is 12.1 Å². The summed E-state index contributed by atoms with van der Waals surface area (Å²) in [6.07, 6.45) is 3.00. The van der Waals surface area contributed by atoms with Gasteiger partial charge in [-0.15, -0.1) is 0 Å². The molecule has 0 atom stereocenters. The molecule has 1 aromatic heterocycles. The van der Waals surface area contributed by atoms with Crippen LogP contribution < -0.4 is 4.74 Å². The van der Waals surface area contributed by atoms with Gasteiger partial charge in [-0.05, 0) is 24.3 Å². The third-order valence-electron chi connectivity index (χ3n) is 2.29. The number of methoxy groups -OCH3 is 1. The fourth-order valence-electron chi connectivity index (χ4n) is 1.46. The smallest absolute Gasteiger partial charge is 0.240 e. The summed E-state index contributed by atoms with van der Waals surface area (Å²) in [4.78, 5) is 17.8. The molecule has 1 heterocycles. The average Bonchev–Trinajstić information content (AvgIpc) is 2.40. The predicted molar refractivity (Wildman–Crippen MR) is 64.0 cm³/mol. The molecule has 0 N–H and O–H groups in total. The first-order valence-corrected chi connectivity index (χ1v) is 5.02. The van der Waals surface area contributed by atoms with Gasteiger partial charge in [-0.2, -0.15) is 4.99 Å². The Morgan fingerprint density at radius 2 is 2.18 bits per heavy atom. The van der Waals surface area contributed by atoms with Crippen molar-refractivity contribution in [2.75, 3.05) is 7.11 Å². The fraction of sp³-hybridized carbons (Fsp3) is 0.0769. The van der Waals surface area contributed by atoms with Gasteiger partial charge in [0.05, 0.1) is 24.7 Å². The third-order valence-corrected chi connectivity index (χ3v) is 2.29. The second-order valence-electron chi connectivity index (χ2n) is 3.34. The van der Waals surface area contributed by atoms with E-state index < -0.39 is 0 Å². The van der Waals surface area contributed by atoms with Gasteiger partial charge in [0.2, 0.25) is 6.08 Å². The van der Waals surface area contributed by atoms with Gasteiger partial charge in [0.15, 0.2) is 0 Å². The molecule has 0 spiro atoms. The number of ether oxygens (including phenoxy) is 1. The minimum Gasteiger partial charge on any atom is -0.497 e. The molecule has 1 aromatic carbocycles. The first-order chi connectivity index (χ1) is 8.33. The normalized spacial score (nSPS) is 9.47. The zero-order valence-corrected chi connectivity index (χ0v) is 9.25. The van der Waals surface area contributed by atoms with E-state index in [1.165, 1.54) is 12.3 Å². The van der Waals surface area contributed by atoms with E-state index in [9.17, 15) is 4.79 Å². The summed E-state index contributed by atoms with van der Waals surface area (Å²) in [5, 5.41) is 0. The predicted octanol–water partition coefficient (Wildman–Crippen LogP) is 2.72. The second kappa shape index (κ2) is 5.05. The Hall–Kier alpha value is -2.45. The third kappa shape index (κ3) is 2.56. The van der Waals surface area contributed by atoms with E-state index in [1.807, 2.05) is 24.3 Å².